The Kier molecular flexibility index (Phi) is 3.86. The molecule has 24 heavy (non-hydrogen) atoms. The third-order valence-corrected chi connectivity index (χ3v) is 5.22. The molecule has 0 bridgehead atoms. The lowest BCUT2D eigenvalue weighted by molar-refractivity contribution is 0.0935. The Morgan fingerprint density at radius 3 is 2.79 bits per heavy atom. The van der Waals surface area contributed by atoms with Gasteiger partial charge in [0.15, 0.2) is 5.82 Å². The van der Waals surface area contributed by atoms with Gasteiger partial charge in [-0.15, -0.1) is 10.2 Å². The highest BCUT2D eigenvalue weighted by Crippen LogP contribution is 2.41. The van der Waals surface area contributed by atoms with Gasteiger partial charge in [0.2, 0.25) is 0 Å². The number of hydrogen-bond acceptors (Lipinski definition) is 4. The Labute approximate surface area is 141 Å². The summed E-state index contributed by atoms with van der Waals surface area (Å²) < 4.78 is 2.14. The molecule has 7 heteroatoms. The average molecular weight is 328 g/mol. The number of rotatable bonds is 5. The second kappa shape index (κ2) is 6.03. The standard InChI is InChI=1S/C17H24N6O/c1-10-14(15(21-20-10)12-7-8-12)17(24)19-11(2)16-22-18-9-23(16)13-5-3-4-6-13/h9,11-13H,3-8H2,1-2H3,(H,19,24)(H,20,21). The summed E-state index contributed by atoms with van der Waals surface area (Å²) in [4.78, 5) is 12.8. The summed E-state index contributed by atoms with van der Waals surface area (Å²) in [5.41, 5.74) is 2.45. The van der Waals surface area contributed by atoms with E-state index in [9.17, 15) is 4.79 Å². The van der Waals surface area contributed by atoms with Crippen LogP contribution in [0.25, 0.3) is 0 Å². The summed E-state index contributed by atoms with van der Waals surface area (Å²) in [5.74, 6) is 1.20. The number of hydrogen-bond donors (Lipinski definition) is 2. The quantitative estimate of drug-likeness (QED) is 0.883. The lowest BCUT2D eigenvalue weighted by Gasteiger charge is -2.19. The van der Waals surface area contributed by atoms with E-state index >= 15 is 0 Å². The van der Waals surface area contributed by atoms with Crippen LogP contribution in [0, 0.1) is 6.92 Å². The normalized spacial score (nSPS) is 19.6. The van der Waals surface area contributed by atoms with Gasteiger partial charge in [-0.3, -0.25) is 9.89 Å². The molecule has 2 heterocycles. The van der Waals surface area contributed by atoms with Gasteiger partial charge in [-0.05, 0) is 39.5 Å². The van der Waals surface area contributed by atoms with Gasteiger partial charge in [0.1, 0.15) is 6.33 Å². The van der Waals surface area contributed by atoms with Crippen molar-refractivity contribution in [3.05, 3.63) is 29.1 Å². The first-order valence-electron chi connectivity index (χ1n) is 8.90. The number of nitrogens with zero attached hydrogens (tertiary/aromatic N) is 4. The zero-order valence-corrected chi connectivity index (χ0v) is 14.2. The molecule has 0 saturated heterocycles. The number of H-pyrrole nitrogens is 1. The Hall–Kier alpha value is -2.18. The van der Waals surface area contributed by atoms with Crippen LogP contribution in [0.1, 0.15) is 91.0 Å². The van der Waals surface area contributed by atoms with Crippen LogP contribution in [0.4, 0.5) is 0 Å². The topological polar surface area (TPSA) is 88.5 Å². The molecule has 2 aromatic heterocycles. The van der Waals surface area contributed by atoms with Gasteiger partial charge in [-0.1, -0.05) is 12.8 Å². The van der Waals surface area contributed by atoms with E-state index in [-0.39, 0.29) is 11.9 Å². The summed E-state index contributed by atoms with van der Waals surface area (Å²) in [6.45, 7) is 3.87. The van der Waals surface area contributed by atoms with Crippen LogP contribution in [0.2, 0.25) is 0 Å². The zero-order valence-electron chi connectivity index (χ0n) is 14.2. The van der Waals surface area contributed by atoms with Crippen LogP contribution in [0.3, 0.4) is 0 Å². The maximum absolute atomic E-state index is 12.8. The first-order chi connectivity index (χ1) is 11.6. The molecule has 7 nitrogen and oxygen atoms in total. The molecule has 2 aliphatic rings. The van der Waals surface area contributed by atoms with Crippen LogP contribution in [-0.4, -0.2) is 30.9 Å². The summed E-state index contributed by atoms with van der Waals surface area (Å²) in [6, 6.07) is 0.286. The molecule has 2 aliphatic carbocycles. The molecule has 2 aromatic rings. The SMILES string of the molecule is Cc1[nH]nc(C2CC2)c1C(=O)NC(C)c1nncn1C1CCCC1. The largest absolute Gasteiger partial charge is 0.342 e. The molecule has 1 amide bonds. The fraction of sp³-hybridized carbons (Fsp3) is 0.647. The summed E-state index contributed by atoms with van der Waals surface area (Å²) in [7, 11) is 0. The van der Waals surface area contributed by atoms with Crippen molar-refractivity contribution in [3.8, 4) is 0 Å². The molecule has 1 unspecified atom stereocenters. The highest BCUT2D eigenvalue weighted by molar-refractivity contribution is 5.96. The van der Waals surface area contributed by atoms with E-state index < -0.39 is 0 Å². The number of aromatic nitrogens is 5. The summed E-state index contributed by atoms with van der Waals surface area (Å²) >= 11 is 0. The van der Waals surface area contributed by atoms with Crippen LogP contribution in [0.15, 0.2) is 6.33 Å². The lowest BCUT2D eigenvalue weighted by Crippen LogP contribution is -2.30. The van der Waals surface area contributed by atoms with Gasteiger partial charge >= 0.3 is 0 Å². The van der Waals surface area contributed by atoms with Gasteiger partial charge in [-0.2, -0.15) is 5.10 Å². The Bertz CT molecular complexity index is 738. The molecule has 0 aromatic carbocycles. The molecule has 1 atom stereocenters. The fourth-order valence-electron chi connectivity index (χ4n) is 3.75. The van der Waals surface area contributed by atoms with Crippen LogP contribution in [0.5, 0.6) is 0 Å². The third-order valence-electron chi connectivity index (χ3n) is 5.22. The molecule has 0 radical (unpaired) electrons. The van der Waals surface area contributed by atoms with Gasteiger partial charge < -0.3 is 9.88 Å². The van der Waals surface area contributed by atoms with Crippen LogP contribution in [-0.2, 0) is 0 Å². The molecule has 128 valence electrons. The van der Waals surface area contributed by atoms with E-state index in [4.69, 9.17) is 0 Å². The number of nitrogens with one attached hydrogen (secondary N) is 2. The second-order valence-electron chi connectivity index (χ2n) is 7.11. The first-order valence-corrected chi connectivity index (χ1v) is 8.90. The summed E-state index contributed by atoms with van der Waals surface area (Å²) in [5, 5.41) is 18.7. The van der Waals surface area contributed by atoms with E-state index in [0.29, 0.717) is 17.5 Å². The van der Waals surface area contributed by atoms with E-state index in [1.54, 1.807) is 6.33 Å². The number of amides is 1. The minimum absolute atomic E-state index is 0.0726. The monoisotopic (exact) mass is 328 g/mol. The van der Waals surface area contributed by atoms with E-state index in [1.807, 2.05) is 13.8 Å². The average Bonchev–Trinajstić information content (AvgIpc) is 2.98. The maximum Gasteiger partial charge on any atom is 0.255 e. The molecular formula is C17H24N6O. The van der Waals surface area contributed by atoms with Gasteiger partial charge in [0, 0.05) is 17.7 Å². The second-order valence-corrected chi connectivity index (χ2v) is 7.11. The van der Waals surface area contributed by atoms with Crippen LogP contribution >= 0.6 is 0 Å². The van der Waals surface area contributed by atoms with Gasteiger partial charge in [-0.25, -0.2) is 0 Å². The third kappa shape index (κ3) is 2.72. The smallest absolute Gasteiger partial charge is 0.255 e. The van der Waals surface area contributed by atoms with Crippen molar-refractivity contribution in [3.63, 3.8) is 0 Å². The van der Waals surface area contributed by atoms with E-state index in [1.165, 1.54) is 25.7 Å². The van der Waals surface area contributed by atoms with E-state index in [2.05, 4.69) is 30.3 Å². The maximum atomic E-state index is 12.8. The number of carbonyl (C=O) groups is 1. The molecule has 2 fully saturated rings. The Balaban J connectivity index is 1.52. The van der Waals surface area contributed by atoms with Crippen molar-refractivity contribution in [2.75, 3.05) is 0 Å². The van der Waals surface area contributed by atoms with Crippen molar-refractivity contribution >= 4 is 5.91 Å². The highest BCUT2D eigenvalue weighted by Gasteiger charge is 2.33. The summed E-state index contributed by atoms with van der Waals surface area (Å²) in [6.07, 6.45) is 8.87. The van der Waals surface area contributed by atoms with Crippen molar-refractivity contribution in [1.82, 2.24) is 30.3 Å². The number of carbonyl (C=O) groups excluding carboxylic acids is 1. The molecular weight excluding hydrogens is 304 g/mol. The molecule has 0 aliphatic heterocycles. The zero-order chi connectivity index (χ0) is 16.7. The van der Waals surface area contributed by atoms with E-state index in [0.717, 1.165) is 30.1 Å². The predicted molar refractivity (Wildman–Crippen MR) is 88.7 cm³/mol. The fourth-order valence-corrected chi connectivity index (χ4v) is 3.75. The Morgan fingerprint density at radius 2 is 2.08 bits per heavy atom. The number of aromatic amines is 1. The van der Waals surface area contributed by atoms with Crippen molar-refractivity contribution in [2.24, 2.45) is 0 Å². The lowest BCUT2D eigenvalue weighted by atomic mass is 10.1. The molecule has 0 spiro atoms. The van der Waals surface area contributed by atoms with Crippen LogP contribution < -0.4 is 5.32 Å². The van der Waals surface area contributed by atoms with Gasteiger partial charge in [0.25, 0.3) is 5.91 Å². The molecule has 2 saturated carbocycles. The molecule has 2 N–H and O–H groups in total. The van der Waals surface area contributed by atoms with Crippen molar-refractivity contribution in [1.29, 1.82) is 0 Å². The van der Waals surface area contributed by atoms with Crippen molar-refractivity contribution < 1.29 is 4.79 Å². The minimum Gasteiger partial charge on any atom is -0.342 e. The highest BCUT2D eigenvalue weighted by atomic mass is 16.1. The first kappa shape index (κ1) is 15.4. The minimum atomic E-state index is -0.179. The molecule has 4 rings (SSSR count). The number of aryl methyl sites for hydroxylation is 1. The Morgan fingerprint density at radius 1 is 1.33 bits per heavy atom. The predicted octanol–water partition coefficient (Wildman–Crippen LogP) is 2.79. The van der Waals surface area contributed by atoms with Gasteiger partial charge in [0.05, 0.1) is 17.3 Å². The van der Waals surface area contributed by atoms with Crippen molar-refractivity contribution in [2.45, 2.75) is 70.4 Å².